The van der Waals surface area contributed by atoms with Crippen LogP contribution in [0.4, 0.5) is 0 Å². The predicted molar refractivity (Wildman–Crippen MR) is 35.7 cm³/mol. The maximum atomic E-state index is 10.7. The van der Waals surface area contributed by atoms with Gasteiger partial charge < -0.3 is 9.47 Å². The van der Waals surface area contributed by atoms with Gasteiger partial charge in [0.05, 0.1) is 0 Å². The second-order valence-electron chi connectivity index (χ2n) is 1.76. The van der Waals surface area contributed by atoms with Crippen molar-refractivity contribution in [3.63, 3.8) is 0 Å². The van der Waals surface area contributed by atoms with Crippen LogP contribution in [0.5, 0.6) is 0 Å². The zero-order valence-electron chi connectivity index (χ0n) is 5.35. The van der Waals surface area contributed by atoms with E-state index in [0.717, 1.165) is 0 Å². The van der Waals surface area contributed by atoms with Gasteiger partial charge in [0.2, 0.25) is 6.23 Å². The molecular weight excluding hydrogens is 172 g/mol. The van der Waals surface area contributed by atoms with Gasteiger partial charge in [0.25, 0.3) is 5.44 Å². The van der Waals surface area contributed by atoms with Crippen molar-refractivity contribution in [3.8, 4) is 0 Å². The van der Waals surface area contributed by atoms with Gasteiger partial charge in [-0.25, -0.2) is 9.59 Å². The number of carbonyl (C=O) groups is 2. The van der Waals surface area contributed by atoms with Gasteiger partial charge in [-0.3, -0.25) is 10.9 Å². The number of rotatable bonds is 1. The Balaban J connectivity index is 2.62. The smallest absolute Gasteiger partial charge is 0.364 e. The number of hydrogen-bond donors (Lipinski definition) is 2. The van der Waals surface area contributed by atoms with Gasteiger partial charge in [-0.15, -0.1) is 0 Å². The highest BCUT2D eigenvalue weighted by atomic mass is 32.2. The fraction of sp³-hybridized carbons (Fsp3) is 0.500. The first-order chi connectivity index (χ1) is 5.15. The Morgan fingerprint density at radius 2 is 1.91 bits per heavy atom. The Hall–Kier alpha value is -0.790. The summed E-state index contributed by atoms with van der Waals surface area (Å²) in [6.07, 6.45) is -1.31. The first-order valence-electron chi connectivity index (χ1n) is 2.67. The SMILES string of the molecule is NSC1OC(=O)C(N)OC1=O. The van der Waals surface area contributed by atoms with Crippen molar-refractivity contribution >= 4 is 23.9 Å². The van der Waals surface area contributed by atoms with Crippen molar-refractivity contribution in [2.75, 3.05) is 0 Å². The molecule has 6 nitrogen and oxygen atoms in total. The number of hydrogen-bond acceptors (Lipinski definition) is 7. The van der Waals surface area contributed by atoms with E-state index in [9.17, 15) is 9.59 Å². The molecule has 0 saturated carbocycles. The lowest BCUT2D eigenvalue weighted by Gasteiger charge is -2.22. The van der Waals surface area contributed by atoms with Crippen LogP contribution in [0.25, 0.3) is 0 Å². The van der Waals surface area contributed by atoms with Crippen LogP contribution in [0.3, 0.4) is 0 Å². The van der Waals surface area contributed by atoms with Gasteiger partial charge in [-0.1, -0.05) is 0 Å². The van der Waals surface area contributed by atoms with Gasteiger partial charge in [0.1, 0.15) is 0 Å². The molecule has 1 aliphatic heterocycles. The highest BCUT2D eigenvalue weighted by Crippen LogP contribution is 2.13. The minimum Gasteiger partial charge on any atom is -0.434 e. The third-order valence-corrected chi connectivity index (χ3v) is 1.55. The molecule has 0 radical (unpaired) electrons. The molecule has 0 aromatic heterocycles. The molecule has 0 aromatic rings. The molecule has 0 bridgehead atoms. The van der Waals surface area contributed by atoms with Crippen LogP contribution in [-0.2, 0) is 19.1 Å². The Morgan fingerprint density at radius 3 is 2.45 bits per heavy atom. The molecule has 4 N–H and O–H groups in total. The molecule has 7 heteroatoms. The topological polar surface area (TPSA) is 105 Å². The van der Waals surface area contributed by atoms with Gasteiger partial charge in [-0.05, 0) is 11.9 Å². The molecule has 2 atom stereocenters. The molecule has 1 fully saturated rings. The van der Waals surface area contributed by atoms with Crippen LogP contribution in [0.1, 0.15) is 0 Å². The molecule has 1 rings (SSSR count). The molecular formula is C4H6N2O4S. The third-order valence-electron chi connectivity index (χ3n) is 1.01. The number of cyclic esters (lactones) is 2. The predicted octanol–water partition coefficient (Wildman–Crippen LogP) is -1.70. The zero-order valence-corrected chi connectivity index (χ0v) is 6.17. The summed E-state index contributed by atoms with van der Waals surface area (Å²) in [4.78, 5) is 21.3. The number of esters is 2. The summed E-state index contributed by atoms with van der Waals surface area (Å²) in [6.45, 7) is 0. The summed E-state index contributed by atoms with van der Waals surface area (Å²) in [6, 6.07) is 0. The zero-order chi connectivity index (χ0) is 8.43. The normalized spacial score (nSPS) is 31.1. The maximum absolute atomic E-state index is 10.7. The standard InChI is InChI=1S/C4H6N2O4S/c5-1-2(7)10-4(11-6)3(8)9-1/h1,4H,5-6H2. The lowest BCUT2D eigenvalue weighted by atomic mass is 10.5. The Morgan fingerprint density at radius 1 is 1.27 bits per heavy atom. The van der Waals surface area contributed by atoms with Crippen LogP contribution in [0.2, 0.25) is 0 Å². The van der Waals surface area contributed by atoms with E-state index >= 15 is 0 Å². The fourth-order valence-electron chi connectivity index (χ4n) is 0.533. The van der Waals surface area contributed by atoms with Crippen molar-refractivity contribution in [2.45, 2.75) is 11.7 Å². The molecule has 0 aliphatic carbocycles. The van der Waals surface area contributed by atoms with Gasteiger partial charge in [0.15, 0.2) is 0 Å². The van der Waals surface area contributed by atoms with E-state index in [1.54, 1.807) is 0 Å². The van der Waals surface area contributed by atoms with Crippen molar-refractivity contribution in [2.24, 2.45) is 10.9 Å². The van der Waals surface area contributed by atoms with Crippen LogP contribution in [0, 0.1) is 0 Å². The van der Waals surface area contributed by atoms with Crippen LogP contribution < -0.4 is 10.9 Å². The van der Waals surface area contributed by atoms with E-state index in [1.165, 1.54) is 0 Å². The second kappa shape index (κ2) is 3.07. The van der Waals surface area contributed by atoms with E-state index in [2.05, 4.69) is 9.47 Å². The van der Waals surface area contributed by atoms with E-state index < -0.39 is 23.6 Å². The van der Waals surface area contributed by atoms with E-state index in [-0.39, 0.29) is 0 Å². The molecule has 0 amide bonds. The summed E-state index contributed by atoms with van der Waals surface area (Å²) < 4.78 is 8.82. The van der Waals surface area contributed by atoms with Gasteiger partial charge >= 0.3 is 11.9 Å². The molecule has 2 unspecified atom stereocenters. The number of carbonyl (C=O) groups excluding carboxylic acids is 2. The summed E-state index contributed by atoms with van der Waals surface area (Å²) in [7, 11) is 0. The quantitative estimate of drug-likeness (QED) is 0.364. The monoisotopic (exact) mass is 178 g/mol. The van der Waals surface area contributed by atoms with E-state index in [1.807, 2.05) is 0 Å². The summed E-state index contributed by atoms with van der Waals surface area (Å²) in [5.41, 5.74) is 3.94. The Bertz CT molecular complexity index is 197. The maximum Gasteiger partial charge on any atom is 0.364 e. The third kappa shape index (κ3) is 1.62. The van der Waals surface area contributed by atoms with Crippen molar-refractivity contribution in [1.82, 2.24) is 0 Å². The molecule has 1 heterocycles. The molecule has 62 valence electrons. The van der Waals surface area contributed by atoms with Crippen molar-refractivity contribution in [1.29, 1.82) is 0 Å². The second-order valence-corrected chi connectivity index (χ2v) is 2.46. The first-order valence-corrected chi connectivity index (χ1v) is 3.61. The lowest BCUT2D eigenvalue weighted by Crippen LogP contribution is -2.47. The number of nitrogens with two attached hydrogens (primary N) is 2. The number of ether oxygens (including phenoxy) is 2. The van der Waals surface area contributed by atoms with Gasteiger partial charge in [0, 0.05) is 0 Å². The minimum absolute atomic E-state index is 0.586. The first kappa shape index (κ1) is 8.31. The van der Waals surface area contributed by atoms with Crippen LogP contribution in [0.15, 0.2) is 0 Å². The fourth-order valence-corrected chi connectivity index (χ4v) is 0.850. The van der Waals surface area contributed by atoms with Crippen molar-refractivity contribution in [3.05, 3.63) is 0 Å². The Labute approximate surface area is 66.3 Å². The molecule has 11 heavy (non-hydrogen) atoms. The molecule has 1 saturated heterocycles. The average molecular weight is 178 g/mol. The molecule has 1 aliphatic rings. The van der Waals surface area contributed by atoms with Crippen molar-refractivity contribution < 1.29 is 19.1 Å². The summed E-state index contributed by atoms with van der Waals surface area (Å²) in [5, 5.41) is 5.00. The van der Waals surface area contributed by atoms with E-state index in [4.69, 9.17) is 10.9 Å². The lowest BCUT2D eigenvalue weighted by molar-refractivity contribution is -0.187. The largest absolute Gasteiger partial charge is 0.434 e. The van der Waals surface area contributed by atoms with Gasteiger partial charge in [-0.2, -0.15) is 0 Å². The molecule has 0 aromatic carbocycles. The minimum atomic E-state index is -1.31. The highest BCUT2D eigenvalue weighted by molar-refractivity contribution is 7.98. The van der Waals surface area contributed by atoms with Crippen LogP contribution in [-0.4, -0.2) is 23.6 Å². The summed E-state index contributed by atoms with van der Waals surface area (Å²) >= 11 is 0.586. The summed E-state index contributed by atoms with van der Waals surface area (Å²) in [5.74, 6) is -1.52. The Kier molecular flexibility index (Phi) is 2.32. The molecule has 0 spiro atoms. The average Bonchev–Trinajstić information content (AvgIpc) is 1.97. The highest BCUT2D eigenvalue weighted by Gasteiger charge is 2.35. The van der Waals surface area contributed by atoms with E-state index in [0.29, 0.717) is 11.9 Å². The van der Waals surface area contributed by atoms with Crippen LogP contribution >= 0.6 is 11.9 Å².